The first kappa shape index (κ1) is 26.9. The van der Waals surface area contributed by atoms with E-state index in [9.17, 15) is 23.7 Å². The molecule has 2 spiro atoms. The molecule has 0 aliphatic carbocycles. The first-order valence-electron chi connectivity index (χ1n) is 13.6. The molecule has 1 N–H and O–H groups in total. The van der Waals surface area contributed by atoms with E-state index < -0.39 is 39.3 Å². The van der Waals surface area contributed by atoms with E-state index in [0.29, 0.717) is 40.6 Å². The lowest BCUT2D eigenvalue weighted by atomic mass is 9.55. The Morgan fingerprint density at radius 3 is 2.43 bits per heavy atom. The van der Waals surface area contributed by atoms with Gasteiger partial charge in [0.1, 0.15) is 17.2 Å². The van der Waals surface area contributed by atoms with Crippen molar-refractivity contribution in [1.82, 2.24) is 9.80 Å². The van der Waals surface area contributed by atoms with E-state index in [4.69, 9.17) is 0 Å². The first-order valence-corrected chi connectivity index (χ1v) is 14.7. The highest BCUT2D eigenvalue weighted by Crippen LogP contribution is 2.68. The summed E-state index contributed by atoms with van der Waals surface area (Å²) < 4.78 is 27.9. The number of non-ortho nitro benzene ring substituents is 1. The highest BCUT2D eigenvalue weighted by atomic mass is 32.2. The number of benzene rings is 3. The zero-order chi connectivity index (χ0) is 29.4. The minimum Gasteiger partial charge on any atom is -0.324 e. The highest BCUT2D eigenvalue weighted by Gasteiger charge is 2.78. The molecule has 0 unspecified atom stereocenters. The van der Waals surface area contributed by atoms with Crippen molar-refractivity contribution in [2.24, 2.45) is 5.41 Å². The van der Waals surface area contributed by atoms with Gasteiger partial charge < -0.3 is 10.2 Å². The van der Waals surface area contributed by atoms with Crippen LogP contribution in [0.15, 0.2) is 72.3 Å². The van der Waals surface area contributed by atoms with Crippen LogP contribution in [0.4, 0.5) is 20.2 Å². The Hall–Kier alpha value is -3.93. The number of rotatable bonds is 3. The Labute approximate surface area is 244 Å². The Morgan fingerprint density at radius 2 is 1.74 bits per heavy atom. The number of Topliss-reactive ketones (excluding diaryl/α,β-unsaturated/α-hetero) is 1. The van der Waals surface area contributed by atoms with Gasteiger partial charge in [0.15, 0.2) is 5.78 Å². The van der Waals surface area contributed by atoms with Crippen molar-refractivity contribution in [1.29, 1.82) is 0 Å². The number of likely N-dealkylation sites (N-methyl/N-ethyl adjacent to an activating group) is 1. The quantitative estimate of drug-likeness (QED) is 0.267. The van der Waals surface area contributed by atoms with Gasteiger partial charge in [-0.1, -0.05) is 24.3 Å². The van der Waals surface area contributed by atoms with Gasteiger partial charge in [-0.2, -0.15) is 0 Å². The van der Waals surface area contributed by atoms with Gasteiger partial charge in [-0.05, 0) is 54.6 Å². The van der Waals surface area contributed by atoms with Crippen LogP contribution in [0.3, 0.4) is 0 Å². The van der Waals surface area contributed by atoms with Gasteiger partial charge >= 0.3 is 0 Å². The van der Waals surface area contributed by atoms with E-state index in [-0.39, 0.29) is 24.1 Å². The van der Waals surface area contributed by atoms with Gasteiger partial charge in [-0.15, -0.1) is 11.8 Å². The molecule has 7 rings (SSSR count). The summed E-state index contributed by atoms with van der Waals surface area (Å²) in [7, 11) is 1.88. The van der Waals surface area contributed by atoms with Crippen LogP contribution in [0.2, 0.25) is 0 Å². The number of carbonyl (C=O) groups excluding carboxylic acids is 2. The molecule has 3 fully saturated rings. The predicted molar refractivity (Wildman–Crippen MR) is 155 cm³/mol. The summed E-state index contributed by atoms with van der Waals surface area (Å²) >= 11 is 1.63. The Morgan fingerprint density at radius 1 is 1.05 bits per heavy atom. The number of nitrogens with zero attached hydrogens (tertiary/aromatic N) is 3. The molecule has 0 bridgehead atoms. The highest BCUT2D eigenvalue weighted by molar-refractivity contribution is 7.99. The van der Waals surface area contributed by atoms with Gasteiger partial charge in [0.05, 0.1) is 10.3 Å². The standard InChI is InChI=1S/C31H26F2N4O4S/c1-35-14-20(12-18-2-6-21(32)7-3-18)28(38)30(16-35)27(19-4-8-22(33)9-5-19)26-15-42-17-36(26)31(30)24-13-23(37(40)41)10-11-25(24)34-29(31)39/h2-13,26-27H,14-17H2,1H3,(H,34,39)/b20-12+/t26-,27-,30-,31-/m0/s1. The molecule has 4 atom stereocenters. The number of nitro benzene ring substituents is 1. The molecule has 11 heteroatoms. The van der Waals surface area contributed by atoms with Crippen LogP contribution in [-0.4, -0.2) is 64.2 Å². The molecule has 42 heavy (non-hydrogen) atoms. The number of nitrogens with one attached hydrogen (secondary N) is 1. The third-order valence-corrected chi connectivity index (χ3v) is 10.2. The second-order valence-corrected chi connectivity index (χ2v) is 12.4. The van der Waals surface area contributed by atoms with Crippen LogP contribution in [0, 0.1) is 27.2 Å². The lowest BCUT2D eigenvalue weighted by Crippen LogP contribution is -2.65. The molecule has 4 heterocycles. The monoisotopic (exact) mass is 588 g/mol. The minimum atomic E-state index is -1.56. The summed E-state index contributed by atoms with van der Waals surface area (Å²) in [5.41, 5.74) is -0.501. The summed E-state index contributed by atoms with van der Waals surface area (Å²) in [5.74, 6) is -0.929. The topological polar surface area (TPSA) is 95.8 Å². The Bertz CT molecular complexity index is 1680. The maximum atomic E-state index is 15.2. The maximum Gasteiger partial charge on any atom is 0.269 e. The number of fused-ring (bicyclic) bond motifs is 5. The molecule has 3 aromatic rings. The minimum absolute atomic E-state index is 0.174. The average Bonchev–Trinajstić information content (AvgIpc) is 3.61. The molecule has 1 amide bonds. The number of piperidine rings is 1. The zero-order valence-corrected chi connectivity index (χ0v) is 23.4. The first-order chi connectivity index (χ1) is 20.2. The Balaban J connectivity index is 1.54. The molecule has 3 saturated heterocycles. The third kappa shape index (κ3) is 3.60. The van der Waals surface area contributed by atoms with E-state index in [1.807, 2.05) is 16.8 Å². The average molecular weight is 589 g/mol. The normalized spacial score (nSPS) is 29.8. The number of amides is 1. The number of hydrogen-bond donors (Lipinski definition) is 1. The predicted octanol–water partition coefficient (Wildman–Crippen LogP) is 4.78. The fraction of sp³-hybridized carbons (Fsp3) is 0.290. The molecule has 0 aromatic heterocycles. The summed E-state index contributed by atoms with van der Waals surface area (Å²) in [5, 5.41) is 14.9. The molecule has 0 radical (unpaired) electrons. The van der Waals surface area contributed by atoms with Gasteiger partial charge in [-0.25, -0.2) is 8.78 Å². The molecule has 3 aromatic carbocycles. The number of hydrogen-bond acceptors (Lipinski definition) is 7. The van der Waals surface area contributed by atoms with Crippen molar-refractivity contribution in [3.63, 3.8) is 0 Å². The number of thioether (sulfide) groups is 1. The van der Waals surface area contributed by atoms with Gasteiger partial charge in [0.25, 0.3) is 11.6 Å². The van der Waals surface area contributed by atoms with Crippen molar-refractivity contribution < 1.29 is 23.3 Å². The number of nitro groups is 1. The second-order valence-electron chi connectivity index (χ2n) is 11.4. The number of likely N-dealkylation sites (tertiary alicyclic amines) is 1. The second kappa shape index (κ2) is 9.55. The summed E-state index contributed by atoms with van der Waals surface area (Å²) in [4.78, 5) is 45.2. The zero-order valence-electron chi connectivity index (χ0n) is 22.6. The SMILES string of the molecule is CN1C/C(=C\c2ccc(F)cc2)C(=O)[C@]2(C1)[C@@H](c1ccc(F)cc1)[C@@H]1CSCN1[C@@]21C(=O)Nc2ccc([N+](=O)[O-])cc21. The van der Waals surface area contributed by atoms with Crippen molar-refractivity contribution in [2.45, 2.75) is 17.5 Å². The van der Waals surface area contributed by atoms with E-state index in [1.54, 1.807) is 42.1 Å². The molecule has 4 aliphatic rings. The van der Waals surface area contributed by atoms with Crippen LogP contribution >= 0.6 is 11.8 Å². The van der Waals surface area contributed by atoms with Gasteiger partial charge in [-0.3, -0.25) is 24.6 Å². The molecular formula is C31H26F2N4O4S. The summed E-state index contributed by atoms with van der Waals surface area (Å²) in [6, 6.07) is 15.9. The van der Waals surface area contributed by atoms with E-state index >= 15 is 4.79 Å². The van der Waals surface area contributed by atoms with E-state index in [0.717, 1.165) is 5.56 Å². The van der Waals surface area contributed by atoms with Crippen LogP contribution in [0.5, 0.6) is 0 Å². The maximum absolute atomic E-state index is 15.2. The number of halogens is 2. The number of carbonyl (C=O) groups is 2. The molecule has 214 valence electrons. The van der Waals surface area contributed by atoms with Crippen LogP contribution in [-0.2, 0) is 15.1 Å². The third-order valence-electron chi connectivity index (χ3n) is 9.19. The fourth-order valence-electron chi connectivity index (χ4n) is 7.78. The smallest absolute Gasteiger partial charge is 0.269 e. The lowest BCUT2D eigenvalue weighted by Gasteiger charge is -2.51. The summed E-state index contributed by atoms with van der Waals surface area (Å²) in [6.45, 7) is 0.495. The fourth-order valence-corrected chi connectivity index (χ4v) is 9.08. The van der Waals surface area contributed by atoms with Crippen molar-refractivity contribution in [2.75, 3.05) is 37.1 Å². The van der Waals surface area contributed by atoms with Crippen LogP contribution < -0.4 is 5.32 Å². The van der Waals surface area contributed by atoms with Crippen LogP contribution in [0.1, 0.15) is 22.6 Å². The largest absolute Gasteiger partial charge is 0.324 e. The van der Waals surface area contributed by atoms with Gasteiger partial charge in [0, 0.05) is 65.6 Å². The molecule has 0 saturated carbocycles. The number of ketones is 1. The van der Waals surface area contributed by atoms with Crippen molar-refractivity contribution >= 4 is 40.9 Å². The molecular weight excluding hydrogens is 562 g/mol. The van der Waals surface area contributed by atoms with Crippen molar-refractivity contribution in [3.05, 3.63) is 111 Å². The summed E-state index contributed by atoms with van der Waals surface area (Å²) in [6.07, 6.45) is 1.73. The molecule has 8 nitrogen and oxygen atoms in total. The Kier molecular flexibility index (Phi) is 6.12. The van der Waals surface area contributed by atoms with E-state index in [1.165, 1.54) is 42.5 Å². The van der Waals surface area contributed by atoms with Crippen LogP contribution in [0.25, 0.3) is 6.08 Å². The molecule has 4 aliphatic heterocycles. The van der Waals surface area contributed by atoms with Crippen molar-refractivity contribution in [3.8, 4) is 0 Å². The van der Waals surface area contributed by atoms with E-state index in [2.05, 4.69) is 5.32 Å². The number of anilines is 1. The lowest BCUT2D eigenvalue weighted by molar-refractivity contribution is -0.385. The van der Waals surface area contributed by atoms with Gasteiger partial charge in [0.2, 0.25) is 0 Å².